The van der Waals surface area contributed by atoms with E-state index in [9.17, 15) is 0 Å². The van der Waals surface area contributed by atoms with Crippen LogP contribution in [0.25, 0.3) is 79.7 Å². The molecule has 4 aromatic heterocycles. The van der Waals surface area contributed by atoms with Crippen LogP contribution in [0.1, 0.15) is 0 Å². The van der Waals surface area contributed by atoms with Gasteiger partial charge in [0.15, 0.2) is 0 Å². The van der Waals surface area contributed by atoms with E-state index in [1.54, 1.807) is 0 Å². The molecule has 4 aromatic carbocycles. The number of hydrogen-bond donors (Lipinski definition) is 0. The standard InChI is InChI=1S/C38H24N6O2/c1-3-11-25(12-4-1)27-15-7-17-29(23-27)35-41-43-37(45-35)33-21-9-19-31(39-33)32-20-10-22-34(40-32)38-44-42-36(46-38)30-18-8-16-28(24-30)26-13-5-2-6-14-26/h1-24H. The van der Waals surface area contributed by atoms with Gasteiger partial charge in [0.2, 0.25) is 11.8 Å². The van der Waals surface area contributed by atoms with E-state index in [2.05, 4.69) is 56.8 Å². The van der Waals surface area contributed by atoms with E-state index in [0.29, 0.717) is 46.3 Å². The fourth-order valence-electron chi connectivity index (χ4n) is 5.20. The predicted octanol–water partition coefficient (Wildman–Crippen LogP) is 8.91. The molecule has 0 amide bonds. The molecule has 8 nitrogen and oxygen atoms in total. The first-order chi connectivity index (χ1) is 22.8. The Morgan fingerprint density at radius 3 is 1.09 bits per heavy atom. The zero-order valence-corrected chi connectivity index (χ0v) is 24.4. The van der Waals surface area contributed by atoms with Crippen LogP contribution in [-0.4, -0.2) is 30.4 Å². The van der Waals surface area contributed by atoms with Gasteiger partial charge in [-0.15, -0.1) is 20.4 Å². The lowest BCUT2D eigenvalue weighted by Gasteiger charge is -2.04. The molecular weight excluding hydrogens is 572 g/mol. The third-order valence-electron chi connectivity index (χ3n) is 7.48. The van der Waals surface area contributed by atoms with Crippen LogP contribution in [0.4, 0.5) is 0 Å². The van der Waals surface area contributed by atoms with Gasteiger partial charge in [0.05, 0.1) is 11.4 Å². The van der Waals surface area contributed by atoms with Crippen molar-refractivity contribution in [2.75, 3.05) is 0 Å². The Morgan fingerprint density at radius 1 is 0.283 bits per heavy atom. The summed E-state index contributed by atoms with van der Waals surface area (Å²) >= 11 is 0. The molecule has 0 aliphatic rings. The molecule has 8 rings (SSSR count). The van der Waals surface area contributed by atoms with Crippen molar-refractivity contribution in [3.05, 3.63) is 146 Å². The van der Waals surface area contributed by atoms with Crippen LogP contribution in [0.5, 0.6) is 0 Å². The Bertz CT molecular complexity index is 2120. The Labute approximate surface area is 264 Å². The van der Waals surface area contributed by atoms with Gasteiger partial charge in [0.1, 0.15) is 11.4 Å². The summed E-state index contributed by atoms with van der Waals surface area (Å²) in [6.45, 7) is 0. The summed E-state index contributed by atoms with van der Waals surface area (Å²) < 4.78 is 12.1. The summed E-state index contributed by atoms with van der Waals surface area (Å²) in [6, 6.07) is 47.6. The fourth-order valence-corrected chi connectivity index (χ4v) is 5.20. The first-order valence-corrected chi connectivity index (χ1v) is 14.7. The number of benzene rings is 4. The summed E-state index contributed by atoms with van der Waals surface area (Å²) in [7, 11) is 0. The number of rotatable bonds is 7. The molecule has 0 atom stereocenters. The highest BCUT2D eigenvalue weighted by molar-refractivity contribution is 5.71. The van der Waals surface area contributed by atoms with Crippen molar-refractivity contribution in [3.8, 4) is 79.7 Å². The molecule has 218 valence electrons. The molecule has 0 aliphatic heterocycles. The lowest BCUT2D eigenvalue weighted by Crippen LogP contribution is -1.92. The molecule has 8 heteroatoms. The molecule has 0 radical (unpaired) electrons. The summed E-state index contributed by atoms with van der Waals surface area (Å²) in [5.74, 6) is 1.47. The van der Waals surface area contributed by atoms with Gasteiger partial charge in [-0.3, -0.25) is 0 Å². The van der Waals surface area contributed by atoms with Gasteiger partial charge in [-0.05, 0) is 70.8 Å². The van der Waals surface area contributed by atoms with E-state index in [-0.39, 0.29) is 0 Å². The zero-order valence-electron chi connectivity index (χ0n) is 24.4. The van der Waals surface area contributed by atoms with E-state index < -0.39 is 0 Å². The number of nitrogens with zero attached hydrogens (tertiary/aromatic N) is 6. The van der Waals surface area contributed by atoms with Crippen LogP contribution in [-0.2, 0) is 0 Å². The molecule has 0 saturated carbocycles. The quantitative estimate of drug-likeness (QED) is 0.180. The van der Waals surface area contributed by atoms with Crippen molar-refractivity contribution < 1.29 is 8.83 Å². The van der Waals surface area contributed by atoms with E-state index in [1.807, 2.05) is 109 Å². The first-order valence-electron chi connectivity index (χ1n) is 14.7. The minimum atomic E-state index is 0.317. The Balaban J connectivity index is 1.05. The molecule has 0 aliphatic carbocycles. The molecule has 0 saturated heterocycles. The van der Waals surface area contributed by atoms with E-state index in [0.717, 1.165) is 33.4 Å². The van der Waals surface area contributed by atoms with Gasteiger partial charge in [-0.1, -0.05) is 97.1 Å². The van der Waals surface area contributed by atoms with Crippen LogP contribution >= 0.6 is 0 Å². The third-order valence-corrected chi connectivity index (χ3v) is 7.48. The highest BCUT2D eigenvalue weighted by Gasteiger charge is 2.16. The molecule has 46 heavy (non-hydrogen) atoms. The highest BCUT2D eigenvalue weighted by atomic mass is 16.4. The largest absolute Gasteiger partial charge is 0.415 e. The summed E-state index contributed by atoms with van der Waals surface area (Å²) in [5, 5.41) is 17.2. The second-order valence-electron chi connectivity index (χ2n) is 10.5. The van der Waals surface area contributed by atoms with Crippen molar-refractivity contribution in [3.63, 3.8) is 0 Å². The van der Waals surface area contributed by atoms with E-state index in [1.165, 1.54) is 0 Å². The lowest BCUT2D eigenvalue weighted by molar-refractivity contribution is 0.581. The normalized spacial score (nSPS) is 11.0. The predicted molar refractivity (Wildman–Crippen MR) is 176 cm³/mol. The second kappa shape index (κ2) is 11.9. The molecule has 0 bridgehead atoms. The molecule has 0 unspecified atom stereocenters. The Kier molecular flexibility index (Phi) is 6.97. The van der Waals surface area contributed by atoms with Crippen LogP contribution < -0.4 is 0 Å². The zero-order chi connectivity index (χ0) is 30.7. The van der Waals surface area contributed by atoms with E-state index in [4.69, 9.17) is 18.8 Å². The number of aromatic nitrogens is 6. The molecule has 8 aromatic rings. The van der Waals surface area contributed by atoms with Crippen molar-refractivity contribution in [2.45, 2.75) is 0 Å². The minimum Gasteiger partial charge on any atom is -0.415 e. The third kappa shape index (κ3) is 5.46. The van der Waals surface area contributed by atoms with Crippen molar-refractivity contribution in [1.29, 1.82) is 0 Å². The maximum absolute atomic E-state index is 6.07. The van der Waals surface area contributed by atoms with Gasteiger partial charge in [0, 0.05) is 11.1 Å². The van der Waals surface area contributed by atoms with Gasteiger partial charge < -0.3 is 8.83 Å². The van der Waals surface area contributed by atoms with Gasteiger partial charge in [-0.2, -0.15) is 0 Å². The number of pyridine rings is 2. The summed E-state index contributed by atoms with van der Waals surface area (Å²) in [4.78, 5) is 9.57. The van der Waals surface area contributed by atoms with E-state index >= 15 is 0 Å². The minimum absolute atomic E-state index is 0.317. The van der Waals surface area contributed by atoms with Crippen molar-refractivity contribution >= 4 is 0 Å². The Hall–Kier alpha value is -6.54. The summed E-state index contributed by atoms with van der Waals surface area (Å²) in [5.41, 5.74) is 8.39. The van der Waals surface area contributed by atoms with Crippen LogP contribution in [0, 0.1) is 0 Å². The van der Waals surface area contributed by atoms with Gasteiger partial charge in [0.25, 0.3) is 11.8 Å². The Morgan fingerprint density at radius 2 is 0.630 bits per heavy atom. The molecule has 0 fully saturated rings. The van der Waals surface area contributed by atoms with Gasteiger partial charge >= 0.3 is 0 Å². The average molecular weight is 597 g/mol. The number of hydrogen-bond acceptors (Lipinski definition) is 8. The topological polar surface area (TPSA) is 104 Å². The monoisotopic (exact) mass is 596 g/mol. The summed E-state index contributed by atoms with van der Waals surface area (Å²) in [6.07, 6.45) is 0. The van der Waals surface area contributed by atoms with Crippen LogP contribution in [0.3, 0.4) is 0 Å². The fraction of sp³-hybridized carbons (Fsp3) is 0. The van der Waals surface area contributed by atoms with Crippen molar-refractivity contribution in [1.82, 2.24) is 30.4 Å². The second-order valence-corrected chi connectivity index (χ2v) is 10.5. The lowest BCUT2D eigenvalue weighted by atomic mass is 10.0. The average Bonchev–Trinajstić information content (AvgIpc) is 3.85. The smallest absolute Gasteiger partial charge is 0.266 e. The molecule has 0 spiro atoms. The molecule has 4 heterocycles. The van der Waals surface area contributed by atoms with Crippen LogP contribution in [0.15, 0.2) is 154 Å². The van der Waals surface area contributed by atoms with Crippen molar-refractivity contribution in [2.24, 2.45) is 0 Å². The van der Waals surface area contributed by atoms with Crippen LogP contribution in [0.2, 0.25) is 0 Å². The van der Waals surface area contributed by atoms with Gasteiger partial charge in [-0.25, -0.2) is 9.97 Å². The first kappa shape index (κ1) is 27.0. The maximum atomic E-state index is 6.07. The highest BCUT2D eigenvalue weighted by Crippen LogP contribution is 2.30. The maximum Gasteiger partial charge on any atom is 0.266 e. The molecular formula is C38H24N6O2. The SMILES string of the molecule is c1ccc(-c2cccc(-c3nnc(-c4cccc(-c5cccc(-c6nnc(-c7cccc(-c8ccccc8)c7)o6)n5)n4)o3)c2)cc1. The molecule has 0 N–H and O–H groups in total.